The Morgan fingerprint density at radius 2 is 2.10 bits per heavy atom. The zero-order valence-electron chi connectivity index (χ0n) is 11.6. The van der Waals surface area contributed by atoms with Gasteiger partial charge in [0.05, 0.1) is 6.54 Å². The molecule has 20 heavy (non-hydrogen) atoms. The van der Waals surface area contributed by atoms with E-state index in [4.69, 9.17) is 5.11 Å². The summed E-state index contributed by atoms with van der Waals surface area (Å²) in [4.78, 5) is 24.1. The fourth-order valence-electron chi connectivity index (χ4n) is 1.78. The molecule has 0 saturated heterocycles. The van der Waals surface area contributed by atoms with Crippen LogP contribution >= 0.6 is 22.6 Å². The van der Waals surface area contributed by atoms with Crippen molar-refractivity contribution in [3.63, 3.8) is 0 Å². The Bertz CT molecular complexity index is 491. The molecule has 0 aliphatic heterocycles. The van der Waals surface area contributed by atoms with Crippen molar-refractivity contribution >= 4 is 40.2 Å². The third-order valence-electron chi connectivity index (χ3n) is 2.81. The molecule has 0 atom stereocenters. The van der Waals surface area contributed by atoms with Gasteiger partial charge in [0, 0.05) is 15.7 Å². The first-order valence-electron chi connectivity index (χ1n) is 6.35. The van der Waals surface area contributed by atoms with Crippen molar-refractivity contribution in [1.82, 2.24) is 4.90 Å². The maximum atomic E-state index is 11.9. The summed E-state index contributed by atoms with van der Waals surface area (Å²) in [6.45, 7) is 2.80. The molecule has 5 nitrogen and oxygen atoms in total. The Balaban J connectivity index is 2.41. The van der Waals surface area contributed by atoms with Crippen molar-refractivity contribution in [2.24, 2.45) is 0 Å². The molecule has 1 aromatic rings. The van der Waals surface area contributed by atoms with E-state index in [1.165, 1.54) is 0 Å². The second-order valence-electron chi connectivity index (χ2n) is 4.74. The first kappa shape index (κ1) is 16.9. The molecule has 2 N–H and O–H groups in total. The highest BCUT2D eigenvalue weighted by molar-refractivity contribution is 14.1. The Morgan fingerprint density at radius 3 is 2.70 bits per heavy atom. The molecule has 0 heterocycles. The quantitative estimate of drug-likeness (QED) is 0.702. The van der Waals surface area contributed by atoms with E-state index >= 15 is 0 Å². The number of rotatable bonds is 7. The lowest BCUT2D eigenvalue weighted by Gasteiger charge is -2.16. The van der Waals surface area contributed by atoms with E-state index in [1.54, 1.807) is 0 Å². The van der Waals surface area contributed by atoms with Gasteiger partial charge in [-0.15, -0.1) is 0 Å². The summed E-state index contributed by atoms with van der Waals surface area (Å²) < 4.78 is 1.13. The van der Waals surface area contributed by atoms with Crippen LogP contribution in [0.15, 0.2) is 18.2 Å². The van der Waals surface area contributed by atoms with Crippen molar-refractivity contribution in [2.45, 2.75) is 19.8 Å². The molecule has 0 spiro atoms. The zero-order valence-corrected chi connectivity index (χ0v) is 13.8. The third kappa shape index (κ3) is 6.33. The van der Waals surface area contributed by atoms with E-state index in [2.05, 4.69) is 27.9 Å². The van der Waals surface area contributed by atoms with Gasteiger partial charge >= 0.3 is 5.97 Å². The van der Waals surface area contributed by atoms with Crippen LogP contribution in [-0.2, 0) is 9.59 Å². The Hall–Kier alpha value is -1.15. The van der Waals surface area contributed by atoms with Crippen LogP contribution in [0.2, 0.25) is 0 Å². The molecular formula is C14H19IN2O3. The van der Waals surface area contributed by atoms with Gasteiger partial charge in [-0.25, -0.2) is 0 Å². The number of benzene rings is 1. The Labute approximate surface area is 132 Å². The lowest BCUT2D eigenvalue weighted by molar-refractivity contribution is -0.137. The van der Waals surface area contributed by atoms with Gasteiger partial charge in [0.1, 0.15) is 0 Å². The number of hydrogen-bond acceptors (Lipinski definition) is 3. The lowest BCUT2D eigenvalue weighted by atomic mass is 10.2. The van der Waals surface area contributed by atoms with E-state index in [-0.39, 0.29) is 18.9 Å². The SMILES string of the molecule is Cc1cc(I)ccc1NC(=O)CN(C)CCCC(=O)O. The minimum absolute atomic E-state index is 0.0906. The molecule has 0 aliphatic carbocycles. The van der Waals surface area contributed by atoms with E-state index in [0.29, 0.717) is 13.0 Å². The van der Waals surface area contributed by atoms with Crippen LogP contribution in [0.3, 0.4) is 0 Å². The number of aryl methyl sites for hydroxylation is 1. The first-order chi connectivity index (χ1) is 9.38. The normalized spacial score (nSPS) is 10.6. The fourth-order valence-corrected chi connectivity index (χ4v) is 2.43. The number of hydrogen-bond donors (Lipinski definition) is 2. The zero-order chi connectivity index (χ0) is 15.1. The molecule has 1 amide bonds. The standard InChI is InChI=1S/C14H19IN2O3/c1-10-8-11(15)5-6-12(10)16-13(18)9-17(2)7-3-4-14(19)20/h5-6,8H,3-4,7,9H2,1-2H3,(H,16,18)(H,19,20). The predicted molar refractivity (Wildman–Crippen MR) is 86.9 cm³/mol. The van der Waals surface area contributed by atoms with Gasteiger partial charge in [0.15, 0.2) is 0 Å². The smallest absolute Gasteiger partial charge is 0.303 e. The number of amides is 1. The molecule has 0 saturated carbocycles. The number of carboxylic acids is 1. The highest BCUT2D eigenvalue weighted by Gasteiger charge is 2.09. The Kier molecular flexibility index (Phi) is 6.94. The topological polar surface area (TPSA) is 69.6 Å². The molecule has 1 aromatic carbocycles. The highest BCUT2D eigenvalue weighted by Crippen LogP contribution is 2.17. The predicted octanol–water partition coefficient (Wildman–Crippen LogP) is 2.33. The van der Waals surface area contributed by atoms with Gasteiger partial charge in [0.2, 0.25) is 5.91 Å². The number of anilines is 1. The number of carbonyl (C=O) groups excluding carboxylic acids is 1. The molecule has 0 aromatic heterocycles. The van der Waals surface area contributed by atoms with Crippen LogP contribution in [0.1, 0.15) is 18.4 Å². The molecule has 6 heteroatoms. The number of carboxylic acid groups (broad SMARTS) is 1. The van der Waals surface area contributed by atoms with Gasteiger partial charge in [-0.05, 0) is 73.3 Å². The van der Waals surface area contributed by atoms with Crippen molar-refractivity contribution in [2.75, 3.05) is 25.5 Å². The van der Waals surface area contributed by atoms with Crippen LogP contribution in [0.4, 0.5) is 5.69 Å². The molecule has 1 rings (SSSR count). The second-order valence-corrected chi connectivity index (χ2v) is 5.99. The average molecular weight is 390 g/mol. The summed E-state index contributed by atoms with van der Waals surface area (Å²) >= 11 is 2.23. The molecule has 0 radical (unpaired) electrons. The van der Waals surface area contributed by atoms with Gasteiger partial charge in [-0.1, -0.05) is 0 Å². The highest BCUT2D eigenvalue weighted by atomic mass is 127. The van der Waals surface area contributed by atoms with Crippen molar-refractivity contribution in [3.05, 3.63) is 27.3 Å². The molecular weight excluding hydrogens is 371 g/mol. The maximum Gasteiger partial charge on any atom is 0.303 e. The number of halogens is 1. The lowest BCUT2D eigenvalue weighted by Crippen LogP contribution is -2.31. The number of nitrogens with one attached hydrogen (secondary N) is 1. The fraction of sp³-hybridized carbons (Fsp3) is 0.429. The largest absolute Gasteiger partial charge is 0.481 e. The molecule has 110 valence electrons. The third-order valence-corrected chi connectivity index (χ3v) is 3.48. The van der Waals surface area contributed by atoms with E-state index < -0.39 is 5.97 Å². The number of nitrogens with zero attached hydrogens (tertiary/aromatic N) is 1. The van der Waals surface area contributed by atoms with E-state index in [0.717, 1.165) is 14.8 Å². The van der Waals surface area contributed by atoms with Gasteiger partial charge in [0.25, 0.3) is 0 Å². The van der Waals surface area contributed by atoms with Gasteiger partial charge in [-0.3, -0.25) is 14.5 Å². The molecule has 0 fully saturated rings. The Morgan fingerprint density at radius 1 is 1.40 bits per heavy atom. The minimum atomic E-state index is -0.808. The molecule has 0 aliphatic rings. The van der Waals surface area contributed by atoms with Crippen molar-refractivity contribution < 1.29 is 14.7 Å². The van der Waals surface area contributed by atoms with Crippen molar-refractivity contribution in [1.29, 1.82) is 0 Å². The van der Waals surface area contributed by atoms with Gasteiger partial charge < -0.3 is 10.4 Å². The number of likely N-dealkylation sites (N-methyl/N-ethyl adjacent to an activating group) is 1. The van der Waals surface area contributed by atoms with E-state index in [1.807, 2.05) is 37.1 Å². The summed E-state index contributed by atoms with van der Waals surface area (Å²) in [5.41, 5.74) is 1.84. The number of carbonyl (C=O) groups is 2. The molecule has 0 bridgehead atoms. The van der Waals surface area contributed by atoms with Gasteiger partial charge in [-0.2, -0.15) is 0 Å². The number of aliphatic carboxylic acids is 1. The summed E-state index contributed by atoms with van der Waals surface area (Å²) in [5.74, 6) is -0.899. The van der Waals surface area contributed by atoms with E-state index in [9.17, 15) is 9.59 Å². The van der Waals surface area contributed by atoms with Crippen LogP contribution in [-0.4, -0.2) is 42.0 Å². The summed E-state index contributed by atoms with van der Waals surface area (Å²) in [6, 6.07) is 5.84. The van der Waals surface area contributed by atoms with Crippen LogP contribution in [0, 0.1) is 10.5 Å². The minimum Gasteiger partial charge on any atom is -0.481 e. The van der Waals surface area contributed by atoms with Crippen LogP contribution in [0.25, 0.3) is 0 Å². The monoisotopic (exact) mass is 390 g/mol. The summed E-state index contributed by atoms with van der Waals surface area (Å²) in [6.07, 6.45) is 0.670. The van der Waals surface area contributed by atoms with Crippen LogP contribution < -0.4 is 5.32 Å². The second kappa shape index (κ2) is 8.21. The van der Waals surface area contributed by atoms with Crippen LogP contribution in [0.5, 0.6) is 0 Å². The average Bonchev–Trinajstić information content (AvgIpc) is 2.32. The summed E-state index contributed by atoms with van der Waals surface area (Å²) in [7, 11) is 1.81. The molecule has 0 unspecified atom stereocenters. The van der Waals surface area contributed by atoms with Crippen molar-refractivity contribution in [3.8, 4) is 0 Å². The first-order valence-corrected chi connectivity index (χ1v) is 7.42. The maximum absolute atomic E-state index is 11.9. The summed E-state index contributed by atoms with van der Waals surface area (Å²) in [5, 5.41) is 11.4.